The van der Waals surface area contributed by atoms with Gasteiger partial charge in [0, 0.05) is 13.0 Å². The molecule has 0 spiro atoms. The lowest BCUT2D eigenvalue weighted by Gasteiger charge is -2.10. The van der Waals surface area contributed by atoms with E-state index < -0.39 is 12.8 Å². The van der Waals surface area contributed by atoms with E-state index in [0.717, 1.165) is 18.4 Å². The zero-order valence-corrected chi connectivity index (χ0v) is 11.3. The highest BCUT2D eigenvalue weighted by Gasteiger charge is 2.28. The molecule has 1 aromatic carbocycles. The van der Waals surface area contributed by atoms with Crippen LogP contribution in [-0.4, -0.2) is 18.7 Å². The van der Waals surface area contributed by atoms with Gasteiger partial charge in [0.15, 0.2) is 6.61 Å². The van der Waals surface area contributed by atoms with Crippen LogP contribution in [0, 0.1) is 0 Å². The van der Waals surface area contributed by atoms with E-state index >= 15 is 0 Å². The molecule has 6 heteroatoms. The molecular formula is C14H18F3NO2. The molecule has 3 nitrogen and oxygen atoms in total. The number of rotatable bonds is 7. The van der Waals surface area contributed by atoms with Gasteiger partial charge < -0.3 is 10.1 Å². The second kappa shape index (κ2) is 7.77. The first kappa shape index (κ1) is 16.3. The Morgan fingerprint density at radius 3 is 2.45 bits per heavy atom. The van der Waals surface area contributed by atoms with Gasteiger partial charge in [0.2, 0.25) is 5.91 Å². The predicted molar refractivity (Wildman–Crippen MR) is 69.4 cm³/mol. The molecule has 0 unspecified atom stereocenters. The maximum absolute atomic E-state index is 12.0. The molecule has 0 saturated carbocycles. The number of halogens is 3. The van der Waals surface area contributed by atoms with Crippen molar-refractivity contribution in [2.24, 2.45) is 0 Å². The van der Waals surface area contributed by atoms with Gasteiger partial charge in [-0.05, 0) is 24.1 Å². The Labute approximate surface area is 116 Å². The topological polar surface area (TPSA) is 38.3 Å². The summed E-state index contributed by atoms with van der Waals surface area (Å²) in [6.07, 6.45) is -2.05. The van der Waals surface area contributed by atoms with E-state index in [1.807, 2.05) is 6.92 Å². The molecule has 1 aromatic rings. The fourth-order valence-corrected chi connectivity index (χ4v) is 1.50. The quantitative estimate of drug-likeness (QED) is 0.835. The van der Waals surface area contributed by atoms with Gasteiger partial charge in [-0.3, -0.25) is 4.79 Å². The molecule has 0 aliphatic heterocycles. The summed E-state index contributed by atoms with van der Waals surface area (Å²) in [6, 6.07) is 6.18. The Bertz CT molecular complexity index is 415. The van der Waals surface area contributed by atoms with Gasteiger partial charge in [-0.15, -0.1) is 0 Å². The third kappa shape index (κ3) is 7.01. The lowest BCUT2D eigenvalue weighted by Crippen LogP contribution is -2.22. The molecular weight excluding hydrogens is 271 g/mol. The normalized spacial score (nSPS) is 11.2. The predicted octanol–water partition coefficient (Wildman–Crippen LogP) is 3.43. The fraction of sp³-hybridized carbons (Fsp3) is 0.500. The van der Waals surface area contributed by atoms with Crippen molar-refractivity contribution in [3.05, 3.63) is 29.8 Å². The number of alkyl halides is 3. The van der Waals surface area contributed by atoms with E-state index in [-0.39, 0.29) is 11.7 Å². The molecule has 0 bridgehead atoms. The number of amides is 1. The van der Waals surface area contributed by atoms with Gasteiger partial charge in [0.05, 0.1) is 0 Å². The smallest absolute Gasteiger partial charge is 0.422 e. The van der Waals surface area contributed by atoms with E-state index in [1.165, 1.54) is 12.1 Å². The van der Waals surface area contributed by atoms with E-state index in [0.29, 0.717) is 13.0 Å². The van der Waals surface area contributed by atoms with Crippen molar-refractivity contribution in [3.8, 4) is 5.75 Å². The van der Waals surface area contributed by atoms with Gasteiger partial charge in [-0.1, -0.05) is 25.5 Å². The van der Waals surface area contributed by atoms with Gasteiger partial charge in [-0.2, -0.15) is 13.2 Å². The molecule has 0 radical (unpaired) electrons. The first-order valence-electron chi connectivity index (χ1n) is 6.46. The first-order chi connectivity index (χ1) is 9.40. The van der Waals surface area contributed by atoms with Crippen LogP contribution in [0.2, 0.25) is 0 Å². The Morgan fingerprint density at radius 1 is 1.25 bits per heavy atom. The van der Waals surface area contributed by atoms with Gasteiger partial charge in [0.25, 0.3) is 0 Å². The summed E-state index contributed by atoms with van der Waals surface area (Å²) >= 11 is 0. The summed E-state index contributed by atoms with van der Waals surface area (Å²) in [6.45, 7) is 1.06. The van der Waals surface area contributed by atoms with Crippen molar-refractivity contribution in [1.82, 2.24) is 5.32 Å². The van der Waals surface area contributed by atoms with E-state index in [2.05, 4.69) is 10.1 Å². The van der Waals surface area contributed by atoms with Crippen LogP contribution in [0.5, 0.6) is 5.75 Å². The summed E-state index contributed by atoms with van der Waals surface area (Å²) in [4.78, 5) is 11.4. The SMILES string of the molecule is CCCCC(=O)NCc1ccc(OCC(F)(F)F)cc1. The molecule has 1 N–H and O–H groups in total. The average Bonchev–Trinajstić information content (AvgIpc) is 2.41. The highest BCUT2D eigenvalue weighted by molar-refractivity contribution is 5.75. The maximum Gasteiger partial charge on any atom is 0.422 e. The van der Waals surface area contributed by atoms with Crippen LogP contribution in [0.25, 0.3) is 0 Å². The monoisotopic (exact) mass is 289 g/mol. The largest absolute Gasteiger partial charge is 0.484 e. The number of hydrogen-bond donors (Lipinski definition) is 1. The van der Waals surface area contributed by atoms with Crippen LogP contribution in [0.4, 0.5) is 13.2 Å². The molecule has 0 atom stereocenters. The van der Waals surface area contributed by atoms with Gasteiger partial charge in [0.1, 0.15) is 5.75 Å². The lowest BCUT2D eigenvalue weighted by molar-refractivity contribution is -0.153. The first-order valence-corrected chi connectivity index (χ1v) is 6.46. The van der Waals surface area contributed by atoms with E-state index in [4.69, 9.17) is 0 Å². The van der Waals surface area contributed by atoms with E-state index in [9.17, 15) is 18.0 Å². The minimum absolute atomic E-state index is 0.0238. The van der Waals surface area contributed by atoms with Crippen LogP contribution in [0.3, 0.4) is 0 Å². The highest BCUT2D eigenvalue weighted by atomic mass is 19.4. The molecule has 20 heavy (non-hydrogen) atoms. The molecule has 0 heterocycles. The second-order valence-corrected chi connectivity index (χ2v) is 4.43. The molecule has 0 aliphatic rings. The van der Waals surface area contributed by atoms with Crippen LogP contribution < -0.4 is 10.1 Å². The van der Waals surface area contributed by atoms with E-state index in [1.54, 1.807) is 12.1 Å². The Morgan fingerprint density at radius 2 is 1.90 bits per heavy atom. The lowest BCUT2D eigenvalue weighted by atomic mass is 10.2. The zero-order chi connectivity index (χ0) is 15.0. The molecule has 1 amide bonds. The van der Waals surface area contributed by atoms with Crippen LogP contribution >= 0.6 is 0 Å². The van der Waals surface area contributed by atoms with Crippen LogP contribution in [0.1, 0.15) is 31.7 Å². The molecule has 0 aromatic heterocycles. The Kier molecular flexibility index (Phi) is 6.35. The molecule has 1 rings (SSSR count). The van der Waals surface area contributed by atoms with Crippen molar-refractivity contribution in [3.63, 3.8) is 0 Å². The summed E-state index contributed by atoms with van der Waals surface area (Å²) in [5.41, 5.74) is 0.814. The third-order valence-corrected chi connectivity index (χ3v) is 2.57. The molecule has 0 saturated heterocycles. The maximum atomic E-state index is 12.0. The zero-order valence-electron chi connectivity index (χ0n) is 11.3. The number of carbonyl (C=O) groups excluding carboxylic acids is 1. The molecule has 0 aliphatic carbocycles. The summed E-state index contributed by atoms with van der Waals surface area (Å²) < 4.78 is 40.5. The Balaban J connectivity index is 2.37. The van der Waals surface area contributed by atoms with Gasteiger partial charge >= 0.3 is 6.18 Å². The van der Waals surface area contributed by atoms with Gasteiger partial charge in [-0.25, -0.2) is 0 Å². The van der Waals surface area contributed by atoms with Crippen molar-refractivity contribution < 1.29 is 22.7 Å². The van der Waals surface area contributed by atoms with Crippen LogP contribution in [-0.2, 0) is 11.3 Å². The summed E-state index contributed by atoms with van der Waals surface area (Å²) in [5.74, 6) is 0.132. The fourth-order valence-electron chi connectivity index (χ4n) is 1.50. The minimum Gasteiger partial charge on any atom is -0.484 e. The second-order valence-electron chi connectivity index (χ2n) is 4.43. The average molecular weight is 289 g/mol. The highest BCUT2D eigenvalue weighted by Crippen LogP contribution is 2.18. The summed E-state index contributed by atoms with van der Waals surface area (Å²) in [7, 11) is 0. The number of ether oxygens (including phenoxy) is 1. The third-order valence-electron chi connectivity index (χ3n) is 2.57. The molecule has 0 fully saturated rings. The Hall–Kier alpha value is -1.72. The molecule has 112 valence electrons. The summed E-state index contributed by atoms with van der Waals surface area (Å²) in [5, 5.41) is 2.75. The number of unbranched alkanes of at least 4 members (excludes halogenated alkanes) is 1. The van der Waals surface area contributed by atoms with Crippen molar-refractivity contribution in [1.29, 1.82) is 0 Å². The van der Waals surface area contributed by atoms with Crippen molar-refractivity contribution >= 4 is 5.91 Å². The van der Waals surface area contributed by atoms with Crippen molar-refractivity contribution in [2.75, 3.05) is 6.61 Å². The number of nitrogens with one attached hydrogen (secondary N) is 1. The van der Waals surface area contributed by atoms with Crippen LogP contribution in [0.15, 0.2) is 24.3 Å². The number of hydrogen-bond acceptors (Lipinski definition) is 2. The van der Waals surface area contributed by atoms with Crippen molar-refractivity contribution in [2.45, 2.75) is 38.9 Å². The number of carbonyl (C=O) groups is 1. The minimum atomic E-state index is -4.34. The standard InChI is InChI=1S/C14H18F3NO2/c1-2-3-4-13(19)18-9-11-5-7-12(8-6-11)20-10-14(15,16)17/h5-8H,2-4,9-10H2,1H3,(H,18,19). The number of benzene rings is 1.